The summed E-state index contributed by atoms with van der Waals surface area (Å²) >= 11 is 25.3. The van der Waals surface area contributed by atoms with E-state index in [9.17, 15) is 48.7 Å². The smallest absolute Gasteiger partial charge is 0.378 e. The average Bonchev–Trinajstić information content (AvgIpc) is 3.27. The normalized spacial score (nSPS) is 14.9. The van der Waals surface area contributed by atoms with Crippen LogP contribution in [-0.4, -0.2) is 52.3 Å². The summed E-state index contributed by atoms with van der Waals surface area (Å²) in [7, 11) is -6.13. The molecule has 4 amide bonds. The van der Waals surface area contributed by atoms with E-state index in [1.165, 1.54) is 35.2 Å². The topological polar surface area (TPSA) is 121 Å². The van der Waals surface area contributed by atoms with Crippen molar-refractivity contribution >= 4 is 97.0 Å². The van der Waals surface area contributed by atoms with E-state index in [1.54, 1.807) is 18.2 Å². The van der Waals surface area contributed by atoms with E-state index in [-0.39, 0.29) is 56.8 Å². The Hall–Kier alpha value is -5.96. The summed E-state index contributed by atoms with van der Waals surface area (Å²) in [5.41, 5.74) is -3.21. The van der Waals surface area contributed by atoms with Gasteiger partial charge in [0.15, 0.2) is 0 Å². The van der Waals surface area contributed by atoms with E-state index in [4.69, 9.17) is 51.1 Å². The van der Waals surface area contributed by atoms with Gasteiger partial charge in [-0.1, -0.05) is 58.5 Å². The average molecular weight is 1040 g/mol. The van der Waals surface area contributed by atoms with E-state index in [2.05, 4.69) is 19.7 Å². The molecule has 0 spiro atoms. The number of carbonyl (C=O) groups is 2. The van der Waals surface area contributed by atoms with E-state index in [1.807, 2.05) is 12.1 Å². The van der Waals surface area contributed by atoms with Gasteiger partial charge >= 0.3 is 27.7 Å². The third kappa shape index (κ3) is 9.55. The zero-order valence-corrected chi connectivity index (χ0v) is 38.2. The van der Waals surface area contributed by atoms with Gasteiger partial charge in [-0.05, 0) is 77.9 Å². The number of anilines is 5. The van der Waals surface area contributed by atoms with E-state index in [0.29, 0.717) is 64.9 Å². The lowest BCUT2D eigenvalue weighted by atomic mass is 9.94. The molecular formula is C45H30Cl4F7N5O6S. The molecule has 6 aromatic rings. The maximum atomic E-state index is 14.9. The fourth-order valence-electron chi connectivity index (χ4n) is 7.72. The molecule has 2 N–H and O–H groups in total. The van der Waals surface area contributed by atoms with Crippen LogP contribution in [0.3, 0.4) is 0 Å². The van der Waals surface area contributed by atoms with Crippen molar-refractivity contribution in [3.05, 3.63) is 152 Å². The lowest BCUT2D eigenvalue weighted by Crippen LogP contribution is -2.42. The summed E-state index contributed by atoms with van der Waals surface area (Å²) in [4.78, 5) is 30.3. The van der Waals surface area contributed by atoms with E-state index >= 15 is 0 Å². The van der Waals surface area contributed by atoms with Crippen molar-refractivity contribution in [3.8, 4) is 28.0 Å². The first-order valence-electron chi connectivity index (χ1n) is 19.9. The second-order valence-corrected chi connectivity index (χ2v) is 18.1. The summed E-state index contributed by atoms with van der Waals surface area (Å²) in [5.74, 6) is -4.25. The maximum Gasteiger partial charge on any atom is 0.534 e. The number of fused-ring (bicyclic) bond motifs is 2. The second-order valence-electron chi connectivity index (χ2n) is 14.9. The number of hydrogen-bond acceptors (Lipinski definition) is 7. The minimum absolute atomic E-state index is 0.0238. The van der Waals surface area contributed by atoms with Gasteiger partial charge in [0.25, 0.3) is 0 Å². The third-order valence-corrected chi connectivity index (χ3v) is 13.0. The zero-order chi connectivity index (χ0) is 48.8. The molecule has 3 aliphatic heterocycles. The molecule has 3 aliphatic rings. The minimum Gasteiger partial charge on any atom is -0.378 e. The van der Waals surface area contributed by atoms with Crippen molar-refractivity contribution in [2.24, 2.45) is 0 Å². The number of para-hydroxylation sites is 2. The second kappa shape index (κ2) is 19.2. The largest absolute Gasteiger partial charge is 0.534 e. The van der Waals surface area contributed by atoms with E-state index in [0.717, 1.165) is 40.9 Å². The van der Waals surface area contributed by atoms with Gasteiger partial charge in [-0.15, -0.1) is 0 Å². The third-order valence-electron chi connectivity index (χ3n) is 10.8. The Bertz CT molecular complexity index is 3090. The maximum absolute atomic E-state index is 14.9. The number of nitrogens with one attached hydrogen (secondary N) is 2. The molecule has 0 radical (unpaired) electrons. The van der Waals surface area contributed by atoms with Crippen LogP contribution in [0.15, 0.2) is 97.1 Å². The number of hydrogen-bond donors (Lipinski definition) is 2. The first-order valence-corrected chi connectivity index (χ1v) is 22.8. The summed E-state index contributed by atoms with van der Waals surface area (Å²) in [6.07, 6.45) is 0. The van der Waals surface area contributed by atoms with Crippen LogP contribution in [0.2, 0.25) is 20.1 Å². The Morgan fingerprint density at radius 3 is 1.47 bits per heavy atom. The van der Waals surface area contributed by atoms with Crippen molar-refractivity contribution < 1.29 is 57.7 Å². The van der Waals surface area contributed by atoms with Crippen LogP contribution < -0.4 is 29.5 Å². The highest BCUT2D eigenvalue weighted by Crippen LogP contribution is 2.48. The van der Waals surface area contributed by atoms with Crippen molar-refractivity contribution in [2.75, 3.05) is 41.0 Å². The number of morpholine rings is 1. The highest BCUT2D eigenvalue weighted by atomic mass is 35.5. The van der Waals surface area contributed by atoms with Crippen molar-refractivity contribution in [2.45, 2.75) is 18.6 Å². The molecule has 0 saturated carbocycles. The Balaban J connectivity index is 0.000000184. The Kier molecular flexibility index (Phi) is 13.7. The SMILES string of the molecule is O=C1NCc2c(-c3ccc(F)cc3F)cc(N3CCOCC3)cc2N1c1c(Cl)cccc1Cl.O=C1NCc2c(-c3ccc(F)cc3F)cc(OS(=O)(=O)C(F)(F)F)cc2N1c1c(Cl)cccc1Cl. The van der Waals surface area contributed by atoms with Crippen molar-refractivity contribution in [1.82, 2.24) is 10.6 Å². The number of rotatable bonds is 7. The Morgan fingerprint density at radius 1 is 0.588 bits per heavy atom. The zero-order valence-electron chi connectivity index (χ0n) is 34.3. The number of urea groups is 2. The molecule has 354 valence electrons. The van der Waals surface area contributed by atoms with Gasteiger partial charge in [-0.2, -0.15) is 21.6 Å². The van der Waals surface area contributed by atoms with Crippen LogP contribution >= 0.6 is 46.4 Å². The van der Waals surface area contributed by atoms with Crippen LogP contribution in [-0.2, 0) is 27.9 Å². The quantitative estimate of drug-likeness (QED) is 0.0928. The predicted molar refractivity (Wildman–Crippen MR) is 244 cm³/mol. The monoisotopic (exact) mass is 1040 g/mol. The number of nitrogens with zero attached hydrogens (tertiary/aromatic N) is 3. The van der Waals surface area contributed by atoms with Crippen molar-refractivity contribution in [3.63, 3.8) is 0 Å². The number of benzene rings is 6. The van der Waals surface area contributed by atoms with Gasteiger partial charge < -0.3 is 24.5 Å². The first kappa shape index (κ1) is 48.5. The van der Waals surface area contributed by atoms with Gasteiger partial charge in [0.2, 0.25) is 0 Å². The lowest BCUT2D eigenvalue weighted by Gasteiger charge is -2.35. The first-order chi connectivity index (χ1) is 32.2. The molecule has 9 rings (SSSR count). The van der Waals surface area contributed by atoms with Gasteiger partial charge in [-0.3, -0.25) is 9.80 Å². The molecule has 68 heavy (non-hydrogen) atoms. The molecule has 3 heterocycles. The molecule has 0 unspecified atom stereocenters. The van der Waals surface area contributed by atoms with Crippen LogP contribution in [0.4, 0.5) is 68.8 Å². The highest BCUT2D eigenvalue weighted by Gasteiger charge is 2.49. The minimum atomic E-state index is -6.13. The summed E-state index contributed by atoms with van der Waals surface area (Å²) < 4.78 is 129. The highest BCUT2D eigenvalue weighted by molar-refractivity contribution is 7.88. The number of ether oxygens (including phenoxy) is 1. The summed E-state index contributed by atoms with van der Waals surface area (Å²) in [6.45, 7) is 2.32. The molecule has 1 fully saturated rings. The van der Waals surface area contributed by atoms with Crippen LogP contribution in [0.5, 0.6) is 5.75 Å². The molecule has 6 aromatic carbocycles. The van der Waals surface area contributed by atoms with E-state index < -0.39 is 56.7 Å². The lowest BCUT2D eigenvalue weighted by molar-refractivity contribution is -0.0500. The summed E-state index contributed by atoms with van der Waals surface area (Å²) in [6, 6.07) is 19.4. The molecule has 0 aromatic heterocycles. The molecule has 1 saturated heterocycles. The van der Waals surface area contributed by atoms with Gasteiger partial charge in [0, 0.05) is 72.3 Å². The fraction of sp³-hybridized carbons (Fsp3) is 0.156. The molecule has 0 bridgehead atoms. The van der Waals surface area contributed by atoms with Gasteiger partial charge in [0.1, 0.15) is 29.0 Å². The van der Waals surface area contributed by atoms with Gasteiger partial charge in [0.05, 0.1) is 56.1 Å². The van der Waals surface area contributed by atoms with Crippen molar-refractivity contribution in [1.29, 1.82) is 0 Å². The molecular weight excluding hydrogens is 1010 g/mol. The Labute approximate surface area is 402 Å². The van der Waals surface area contributed by atoms with Crippen LogP contribution in [0.25, 0.3) is 22.3 Å². The molecule has 23 heteroatoms. The van der Waals surface area contributed by atoms with Crippen LogP contribution in [0.1, 0.15) is 11.1 Å². The number of amides is 4. The molecule has 0 aliphatic carbocycles. The summed E-state index contributed by atoms with van der Waals surface area (Å²) in [5, 5.41) is 5.89. The molecule has 11 nitrogen and oxygen atoms in total. The standard InChI is InChI=1S/C24H19Cl2F2N3O2.C21H11Cl2F5N2O4S/c25-19-2-1-3-20(26)23(19)31-22-12-15(30-6-8-33-9-7-30)11-17(18(22)13-29-24(31)32)16-5-4-14(27)10-21(16)28;22-15-2-1-3-16(23)19(15)30-18-8-11(34-35(32,33)21(26,27)28)7-13(14(18)9-29-20(30)31)12-5-4-10(24)6-17(12)25/h1-5,10-12H,6-9,13H2,(H,29,32);1-8H,9H2,(H,29,31). The number of carbonyl (C=O) groups excluding carboxylic acids is 2. The predicted octanol–water partition coefficient (Wildman–Crippen LogP) is 12.7. The van der Waals surface area contributed by atoms with Crippen LogP contribution in [0, 0.1) is 23.3 Å². The number of halogens is 11. The fourth-order valence-corrected chi connectivity index (χ4v) is 9.30. The Morgan fingerprint density at radius 2 is 1.03 bits per heavy atom. The molecule has 0 atom stereocenters. The number of alkyl halides is 3. The van der Waals surface area contributed by atoms with Gasteiger partial charge in [-0.25, -0.2) is 27.2 Å².